The Morgan fingerprint density at radius 3 is 2.58 bits per heavy atom. The van der Waals surface area contributed by atoms with Crippen LogP contribution in [0.4, 0.5) is 0 Å². The fourth-order valence-corrected chi connectivity index (χ4v) is 4.16. The zero-order chi connectivity index (χ0) is 18.5. The summed E-state index contributed by atoms with van der Waals surface area (Å²) in [5.41, 5.74) is 0.567. The Kier molecular flexibility index (Phi) is 6.38. The minimum Gasteiger partial charge on any atom is -0.427 e. The fraction of sp³-hybridized carbons (Fsp3) is 0.550. The van der Waals surface area contributed by atoms with Gasteiger partial charge < -0.3 is 10.1 Å². The van der Waals surface area contributed by atoms with E-state index in [0.717, 1.165) is 30.5 Å². The van der Waals surface area contributed by atoms with Crippen molar-refractivity contribution in [3.63, 3.8) is 0 Å². The Bertz CT molecular complexity index is 670. The van der Waals surface area contributed by atoms with Crippen molar-refractivity contribution in [1.82, 2.24) is 10.2 Å². The number of carbonyl (C=O) groups excluding carboxylic acids is 2. The molecule has 1 saturated heterocycles. The molecule has 1 aromatic carbocycles. The molecule has 2 aliphatic rings. The first-order chi connectivity index (χ1) is 12.5. The van der Waals surface area contributed by atoms with Crippen LogP contribution in [0.2, 0.25) is 0 Å². The molecular weight excluding hydrogens is 348 g/mol. The van der Waals surface area contributed by atoms with E-state index in [1.807, 2.05) is 0 Å². The Hall–Kier alpha value is -1.79. The number of hydrogen-bond donors (Lipinski definition) is 1. The Labute approximate surface area is 160 Å². The van der Waals surface area contributed by atoms with Crippen molar-refractivity contribution in [1.29, 1.82) is 0 Å². The highest BCUT2D eigenvalue weighted by Crippen LogP contribution is 2.29. The normalized spacial score (nSPS) is 23.7. The summed E-state index contributed by atoms with van der Waals surface area (Å²) < 4.78 is 5.00. The second-order valence-electron chi connectivity index (χ2n) is 7.18. The minimum atomic E-state index is -0.372. The smallest absolute Gasteiger partial charge is 0.308 e. The second-order valence-corrected chi connectivity index (χ2v) is 7.76. The maximum atomic E-state index is 12.5. The Morgan fingerprint density at radius 2 is 1.96 bits per heavy atom. The number of benzene rings is 1. The fourth-order valence-electron chi connectivity index (χ4n) is 3.80. The molecule has 2 atom stereocenters. The molecule has 3 rings (SSSR count). The van der Waals surface area contributed by atoms with Crippen LogP contribution in [-0.4, -0.2) is 47.3 Å². The zero-order valence-corrected chi connectivity index (χ0v) is 16.0. The summed E-state index contributed by atoms with van der Waals surface area (Å²) in [5.74, 6) is 0.357. The highest BCUT2D eigenvalue weighted by Gasteiger charge is 2.33. The lowest BCUT2D eigenvalue weighted by Gasteiger charge is -2.42. The molecule has 5 nitrogen and oxygen atoms in total. The monoisotopic (exact) mass is 374 g/mol. The van der Waals surface area contributed by atoms with Crippen molar-refractivity contribution in [2.45, 2.75) is 45.1 Å². The Morgan fingerprint density at radius 1 is 1.23 bits per heavy atom. The van der Waals surface area contributed by atoms with Gasteiger partial charge >= 0.3 is 5.97 Å². The van der Waals surface area contributed by atoms with Crippen molar-refractivity contribution < 1.29 is 14.3 Å². The molecule has 1 saturated carbocycles. The molecule has 0 radical (unpaired) electrons. The van der Waals surface area contributed by atoms with E-state index in [-0.39, 0.29) is 11.9 Å². The highest BCUT2D eigenvalue weighted by atomic mass is 32.1. The molecule has 2 fully saturated rings. The summed E-state index contributed by atoms with van der Waals surface area (Å²) in [6.45, 7) is 4.33. The average Bonchev–Trinajstić information content (AvgIpc) is 2.73. The molecule has 1 heterocycles. The van der Waals surface area contributed by atoms with Gasteiger partial charge in [0.15, 0.2) is 0 Å². The summed E-state index contributed by atoms with van der Waals surface area (Å²) in [7, 11) is 0. The molecule has 6 heteroatoms. The van der Waals surface area contributed by atoms with E-state index in [0.29, 0.717) is 29.8 Å². The van der Waals surface area contributed by atoms with E-state index in [1.54, 1.807) is 24.3 Å². The summed E-state index contributed by atoms with van der Waals surface area (Å²) in [4.78, 5) is 27.1. The lowest BCUT2D eigenvalue weighted by atomic mass is 9.91. The molecular formula is C20H26N2O3S. The number of rotatable bonds is 5. The number of nitrogens with zero attached hydrogens (tertiary/aromatic N) is 1. The first kappa shape index (κ1) is 19.0. The Balaban J connectivity index is 1.59. The third-order valence-corrected chi connectivity index (χ3v) is 5.62. The molecule has 2 unspecified atom stereocenters. The zero-order valence-electron chi connectivity index (χ0n) is 15.2. The van der Waals surface area contributed by atoms with Crippen molar-refractivity contribution in [2.75, 3.05) is 19.6 Å². The van der Waals surface area contributed by atoms with Crippen molar-refractivity contribution >= 4 is 29.0 Å². The molecule has 1 aliphatic carbocycles. The first-order valence-corrected chi connectivity index (χ1v) is 9.76. The molecule has 1 aromatic rings. The van der Waals surface area contributed by atoms with E-state index in [1.165, 1.54) is 26.4 Å². The van der Waals surface area contributed by atoms with Crippen LogP contribution < -0.4 is 10.1 Å². The molecule has 140 valence electrons. The van der Waals surface area contributed by atoms with Gasteiger partial charge in [0, 0.05) is 25.1 Å². The SMILES string of the molecule is CC(=O)Oc1ccc(C(=O)NCC2CC(=S)CCCC2N2CCC2)cc1. The number of ether oxygens (including phenoxy) is 1. The van der Waals surface area contributed by atoms with Crippen molar-refractivity contribution in [2.24, 2.45) is 5.92 Å². The summed E-state index contributed by atoms with van der Waals surface area (Å²) in [6.07, 6.45) is 5.54. The number of esters is 1. The maximum Gasteiger partial charge on any atom is 0.308 e. The van der Waals surface area contributed by atoms with Gasteiger partial charge in [-0.25, -0.2) is 0 Å². The first-order valence-electron chi connectivity index (χ1n) is 9.35. The van der Waals surface area contributed by atoms with Gasteiger partial charge in [0.05, 0.1) is 0 Å². The number of nitrogens with one attached hydrogen (secondary N) is 1. The standard InChI is InChI=1S/C20H26N2O3S/c1-14(23)25-17-8-6-15(7-9-17)20(24)21-13-16-12-18(26)4-2-5-19(16)22-10-3-11-22/h6-9,16,19H,2-5,10-13H2,1H3,(H,21,24). The van der Waals surface area contributed by atoms with Crippen LogP contribution in [-0.2, 0) is 4.79 Å². The summed E-state index contributed by atoms with van der Waals surface area (Å²) >= 11 is 5.51. The van der Waals surface area contributed by atoms with E-state index in [9.17, 15) is 9.59 Å². The van der Waals surface area contributed by atoms with Gasteiger partial charge in [0.25, 0.3) is 5.91 Å². The quantitative estimate of drug-likeness (QED) is 0.372. The number of likely N-dealkylation sites (tertiary alicyclic amines) is 1. The maximum absolute atomic E-state index is 12.5. The lowest BCUT2D eigenvalue weighted by Crippen LogP contribution is -2.50. The van der Waals surface area contributed by atoms with Crippen molar-refractivity contribution in [3.8, 4) is 5.75 Å². The second kappa shape index (κ2) is 8.73. The molecule has 0 bridgehead atoms. The van der Waals surface area contributed by atoms with Crippen LogP contribution in [0.25, 0.3) is 0 Å². The molecule has 1 aliphatic heterocycles. The summed E-state index contributed by atoms with van der Waals surface area (Å²) in [5, 5.41) is 3.08. The predicted molar refractivity (Wildman–Crippen MR) is 105 cm³/mol. The van der Waals surface area contributed by atoms with Gasteiger partial charge in [-0.3, -0.25) is 14.5 Å². The summed E-state index contributed by atoms with van der Waals surface area (Å²) in [6, 6.07) is 7.16. The van der Waals surface area contributed by atoms with E-state index in [4.69, 9.17) is 17.0 Å². The minimum absolute atomic E-state index is 0.100. The largest absolute Gasteiger partial charge is 0.427 e. The van der Waals surface area contributed by atoms with Crippen LogP contribution in [0.15, 0.2) is 24.3 Å². The van der Waals surface area contributed by atoms with Crippen LogP contribution in [0.3, 0.4) is 0 Å². The van der Waals surface area contributed by atoms with Crippen molar-refractivity contribution in [3.05, 3.63) is 29.8 Å². The van der Waals surface area contributed by atoms with Crippen LogP contribution in [0.5, 0.6) is 5.75 Å². The van der Waals surface area contributed by atoms with Gasteiger partial charge in [-0.15, -0.1) is 0 Å². The molecule has 1 amide bonds. The third-order valence-electron chi connectivity index (χ3n) is 5.25. The highest BCUT2D eigenvalue weighted by molar-refractivity contribution is 7.80. The van der Waals surface area contributed by atoms with Gasteiger partial charge in [0.1, 0.15) is 5.75 Å². The number of thiocarbonyl (C=S) groups is 1. The molecule has 0 aromatic heterocycles. The number of amides is 1. The van der Waals surface area contributed by atoms with Gasteiger partial charge in [-0.2, -0.15) is 0 Å². The van der Waals surface area contributed by atoms with Crippen LogP contribution in [0.1, 0.15) is 49.4 Å². The molecule has 26 heavy (non-hydrogen) atoms. The van der Waals surface area contributed by atoms with Gasteiger partial charge in [-0.1, -0.05) is 12.2 Å². The number of carbonyl (C=O) groups is 2. The van der Waals surface area contributed by atoms with Gasteiger partial charge in [-0.05, 0) is 80.2 Å². The van der Waals surface area contributed by atoms with Crippen LogP contribution in [0, 0.1) is 5.92 Å². The van der Waals surface area contributed by atoms with Crippen LogP contribution >= 0.6 is 12.2 Å². The third kappa shape index (κ3) is 4.89. The van der Waals surface area contributed by atoms with Gasteiger partial charge in [0.2, 0.25) is 0 Å². The topological polar surface area (TPSA) is 58.6 Å². The molecule has 0 spiro atoms. The van der Waals surface area contributed by atoms with E-state index < -0.39 is 0 Å². The number of hydrogen-bond acceptors (Lipinski definition) is 5. The van der Waals surface area contributed by atoms with E-state index >= 15 is 0 Å². The predicted octanol–water partition coefficient (Wildman–Crippen LogP) is 2.98. The average molecular weight is 375 g/mol. The molecule has 1 N–H and O–H groups in total. The lowest BCUT2D eigenvalue weighted by molar-refractivity contribution is -0.131. The van der Waals surface area contributed by atoms with E-state index in [2.05, 4.69) is 10.2 Å².